The molecule has 0 N–H and O–H groups in total. The molecule has 1 saturated carbocycles. The standard InChI is InChI=1S/C32H34ClN3/c1-7-35(8-2)36-29(26-22-24(33)18-19-28(26)34-36)20-21-32(30(3,4)31(32,5)6)27-17-13-12-16-25(27)23-14-10-9-11-15-23/h9-19,22H,7-8H2,1-6H3. The zero-order chi connectivity index (χ0) is 25.7. The number of rotatable bonds is 5. The Bertz CT molecular complexity index is 1470. The van der Waals surface area contributed by atoms with Crippen LogP contribution < -0.4 is 5.01 Å². The Morgan fingerprint density at radius 1 is 0.861 bits per heavy atom. The van der Waals surface area contributed by atoms with Crippen LogP contribution in [-0.4, -0.2) is 23.0 Å². The molecule has 5 rings (SSSR count). The van der Waals surface area contributed by atoms with Gasteiger partial charge < -0.3 is 0 Å². The number of hydrogen-bond donors (Lipinski definition) is 0. The van der Waals surface area contributed by atoms with Crippen molar-refractivity contribution >= 4 is 22.5 Å². The quantitative estimate of drug-likeness (QED) is 0.264. The van der Waals surface area contributed by atoms with Gasteiger partial charge in [0.1, 0.15) is 5.69 Å². The van der Waals surface area contributed by atoms with Gasteiger partial charge in [0.2, 0.25) is 0 Å². The lowest BCUT2D eigenvalue weighted by Gasteiger charge is -2.22. The van der Waals surface area contributed by atoms with Crippen molar-refractivity contribution in [3.8, 4) is 23.0 Å². The molecule has 0 radical (unpaired) electrons. The van der Waals surface area contributed by atoms with E-state index in [9.17, 15) is 0 Å². The van der Waals surface area contributed by atoms with Crippen LogP contribution in [0.3, 0.4) is 0 Å². The molecule has 0 atom stereocenters. The Balaban J connectivity index is 1.77. The van der Waals surface area contributed by atoms with Crippen LogP contribution in [0.4, 0.5) is 0 Å². The summed E-state index contributed by atoms with van der Waals surface area (Å²) >= 11 is 6.43. The lowest BCUT2D eigenvalue weighted by Crippen LogP contribution is -2.36. The third kappa shape index (κ3) is 3.39. The van der Waals surface area contributed by atoms with Crippen molar-refractivity contribution < 1.29 is 0 Å². The molecule has 36 heavy (non-hydrogen) atoms. The lowest BCUT2D eigenvalue weighted by atomic mass is 9.81. The van der Waals surface area contributed by atoms with Gasteiger partial charge in [-0.15, -0.1) is 0 Å². The molecule has 4 heteroatoms. The third-order valence-electron chi connectivity index (χ3n) is 8.77. The zero-order valence-corrected chi connectivity index (χ0v) is 22.8. The van der Waals surface area contributed by atoms with Crippen molar-refractivity contribution in [2.24, 2.45) is 10.8 Å². The van der Waals surface area contributed by atoms with Gasteiger partial charge in [-0.2, -0.15) is 9.89 Å². The molecule has 0 saturated heterocycles. The summed E-state index contributed by atoms with van der Waals surface area (Å²) < 4.78 is 0. The molecule has 1 aliphatic carbocycles. The van der Waals surface area contributed by atoms with Crippen molar-refractivity contribution in [2.75, 3.05) is 18.1 Å². The predicted molar refractivity (Wildman–Crippen MR) is 152 cm³/mol. The summed E-state index contributed by atoms with van der Waals surface area (Å²) in [7, 11) is 0. The maximum atomic E-state index is 6.43. The van der Waals surface area contributed by atoms with Crippen LogP contribution in [-0.2, 0) is 5.41 Å². The van der Waals surface area contributed by atoms with E-state index in [2.05, 4.69) is 113 Å². The second kappa shape index (κ2) is 8.71. The minimum atomic E-state index is -0.324. The number of halogens is 1. The Labute approximate surface area is 220 Å². The highest BCUT2D eigenvalue weighted by atomic mass is 35.5. The van der Waals surface area contributed by atoms with Crippen LogP contribution in [0, 0.1) is 22.7 Å². The molecule has 1 fully saturated rings. The normalized spacial score (nSPS) is 16.9. The van der Waals surface area contributed by atoms with Gasteiger partial charge in [-0.1, -0.05) is 99.8 Å². The van der Waals surface area contributed by atoms with Gasteiger partial charge in [-0.25, -0.2) is 0 Å². The molecule has 0 bridgehead atoms. The zero-order valence-electron chi connectivity index (χ0n) is 22.1. The van der Waals surface area contributed by atoms with E-state index in [-0.39, 0.29) is 16.2 Å². The van der Waals surface area contributed by atoms with Crippen molar-refractivity contribution in [2.45, 2.75) is 47.0 Å². The van der Waals surface area contributed by atoms with E-state index in [0.717, 1.165) is 29.7 Å². The molecule has 3 nitrogen and oxygen atoms in total. The summed E-state index contributed by atoms with van der Waals surface area (Å²) in [6, 6.07) is 25.3. The number of nitrogens with zero attached hydrogens (tertiary/aromatic N) is 3. The van der Waals surface area contributed by atoms with Gasteiger partial charge in [0.25, 0.3) is 0 Å². The largest absolute Gasteiger partial charge is 0.296 e. The fourth-order valence-corrected chi connectivity index (χ4v) is 6.23. The van der Waals surface area contributed by atoms with Crippen molar-refractivity contribution in [1.29, 1.82) is 0 Å². The van der Waals surface area contributed by atoms with Gasteiger partial charge >= 0.3 is 0 Å². The first kappa shape index (κ1) is 24.5. The number of benzene rings is 3. The van der Waals surface area contributed by atoms with Crippen molar-refractivity contribution in [3.05, 3.63) is 89.1 Å². The van der Waals surface area contributed by atoms with Crippen LogP contribution in [0.1, 0.15) is 52.8 Å². The highest BCUT2D eigenvalue weighted by Gasteiger charge is 2.77. The minimum Gasteiger partial charge on any atom is -0.296 e. The molecule has 3 aromatic carbocycles. The molecular formula is C32H34ClN3. The van der Waals surface area contributed by atoms with Crippen LogP contribution in [0.15, 0.2) is 72.8 Å². The van der Waals surface area contributed by atoms with Crippen LogP contribution in [0.5, 0.6) is 0 Å². The molecule has 0 spiro atoms. The highest BCUT2D eigenvalue weighted by molar-refractivity contribution is 6.31. The molecule has 1 heterocycles. The first-order valence-corrected chi connectivity index (χ1v) is 13.2. The molecule has 4 aromatic rings. The summed E-state index contributed by atoms with van der Waals surface area (Å²) in [5.74, 6) is 7.51. The Morgan fingerprint density at radius 2 is 1.50 bits per heavy atom. The molecular weight excluding hydrogens is 462 g/mol. The van der Waals surface area contributed by atoms with Crippen LogP contribution in [0.2, 0.25) is 5.02 Å². The highest BCUT2D eigenvalue weighted by Crippen LogP contribution is 2.78. The van der Waals surface area contributed by atoms with E-state index in [1.54, 1.807) is 0 Å². The van der Waals surface area contributed by atoms with Crippen molar-refractivity contribution in [1.82, 2.24) is 9.89 Å². The summed E-state index contributed by atoms with van der Waals surface area (Å²) in [5.41, 5.74) is 5.19. The predicted octanol–water partition coefficient (Wildman–Crippen LogP) is 7.69. The average Bonchev–Trinajstić information content (AvgIpc) is 3.09. The molecule has 0 unspecified atom stereocenters. The van der Waals surface area contributed by atoms with Gasteiger partial charge in [-0.05, 0) is 65.5 Å². The van der Waals surface area contributed by atoms with Crippen molar-refractivity contribution in [3.63, 3.8) is 0 Å². The van der Waals surface area contributed by atoms with Gasteiger partial charge in [0.05, 0.1) is 10.9 Å². The van der Waals surface area contributed by atoms with Gasteiger partial charge in [0.15, 0.2) is 0 Å². The smallest absolute Gasteiger partial charge is 0.142 e. The average molecular weight is 496 g/mol. The Kier molecular flexibility index (Phi) is 5.92. The van der Waals surface area contributed by atoms with Crippen LogP contribution >= 0.6 is 11.6 Å². The van der Waals surface area contributed by atoms with E-state index in [1.807, 2.05) is 23.0 Å². The molecule has 184 valence electrons. The summed E-state index contributed by atoms with van der Waals surface area (Å²) in [4.78, 5) is 1.98. The minimum absolute atomic E-state index is 0.0224. The second-order valence-electron chi connectivity index (χ2n) is 10.7. The molecule has 1 aliphatic rings. The molecule has 0 aliphatic heterocycles. The summed E-state index contributed by atoms with van der Waals surface area (Å²) in [5, 5.41) is 8.79. The van der Waals surface area contributed by atoms with E-state index in [4.69, 9.17) is 16.7 Å². The first-order valence-electron chi connectivity index (χ1n) is 12.8. The maximum absolute atomic E-state index is 6.43. The maximum Gasteiger partial charge on any atom is 0.142 e. The van der Waals surface area contributed by atoms with Gasteiger partial charge in [-0.3, -0.25) is 5.01 Å². The molecule has 1 aromatic heterocycles. The molecule has 0 amide bonds. The number of fused-ring (bicyclic) bond motifs is 1. The third-order valence-corrected chi connectivity index (χ3v) is 9.01. The lowest BCUT2D eigenvalue weighted by molar-refractivity contribution is 0.457. The van der Waals surface area contributed by atoms with Crippen LogP contribution in [0.25, 0.3) is 22.0 Å². The Morgan fingerprint density at radius 3 is 2.14 bits per heavy atom. The van der Waals surface area contributed by atoms with Gasteiger partial charge in [0, 0.05) is 23.5 Å². The van der Waals surface area contributed by atoms with E-state index < -0.39 is 0 Å². The van der Waals surface area contributed by atoms with E-state index in [0.29, 0.717) is 5.02 Å². The topological polar surface area (TPSA) is 21.1 Å². The monoisotopic (exact) mass is 495 g/mol. The fourth-order valence-electron chi connectivity index (χ4n) is 6.06. The van der Waals surface area contributed by atoms with E-state index >= 15 is 0 Å². The summed E-state index contributed by atoms with van der Waals surface area (Å²) in [6.07, 6.45) is 0. The van der Waals surface area contributed by atoms with E-state index in [1.165, 1.54) is 16.7 Å². The Hall–Kier alpha value is -3.22. The number of aromatic nitrogens is 2. The summed E-state index contributed by atoms with van der Waals surface area (Å²) in [6.45, 7) is 15.4. The first-order chi connectivity index (χ1) is 17.2. The fraction of sp³-hybridized carbons (Fsp3) is 0.344. The SMILES string of the molecule is CCN(CC)n1nc2ccc(Cl)cc2c1C#CC1(c2ccccc2-c2ccccc2)C(C)(C)C1(C)C. The second-order valence-corrected chi connectivity index (χ2v) is 11.1. The number of hydrogen-bond acceptors (Lipinski definition) is 2.